The van der Waals surface area contributed by atoms with Crippen molar-refractivity contribution in [2.75, 3.05) is 17.8 Å². The van der Waals surface area contributed by atoms with Crippen molar-refractivity contribution in [2.45, 2.75) is 6.92 Å². The van der Waals surface area contributed by atoms with Gasteiger partial charge in [0.15, 0.2) is 5.71 Å². The highest BCUT2D eigenvalue weighted by Crippen LogP contribution is 2.27. The summed E-state index contributed by atoms with van der Waals surface area (Å²) in [6, 6.07) is 12.6. The van der Waals surface area contributed by atoms with Crippen LogP contribution in [0.15, 0.2) is 45.6 Å². The molecule has 144 valence electrons. The number of fused-ring (bicyclic) bond motifs is 1. The maximum absolute atomic E-state index is 12.8. The number of thiazole rings is 1. The Hall–Kier alpha value is -4.15. The van der Waals surface area contributed by atoms with Gasteiger partial charge in [-0.05, 0) is 19.1 Å². The van der Waals surface area contributed by atoms with Crippen molar-refractivity contribution in [3.63, 3.8) is 0 Å². The van der Waals surface area contributed by atoms with Gasteiger partial charge in [-0.25, -0.2) is 4.79 Å². The van der Waals surface area contributed by atoms with Crippen LogP contribution in [0.5, 0.6) is 0 Å². The fourth-order valence-electron chi connectivity index (χ4n) is 2.61. The molecule has 0 saturated carbocycles. The number of esters is 1. The van der Waals surface area contributed by atoms with Crippen LogP contribution >= 0.6 is 11.3 Å². The number of hydrazone groups is 1. The monoisotopic (exact) mass is 406 g/mol. The van der Waals surface area contributed by atoms with E-state index >= 15 is 0 Å². The molecule has 0 bridgehead atoms. The Morgan fingerprint density at radius 2 is 2.07 bits per heavy atom. The van der Waals surface area contributed by atoms with E-state index in [2.05, 4.69) is 10.5 Å². The average Bonchev–Trinajstić information content (AvgIpc) is 3.15. The fraction of sp³-hybridized carbons (Fsp3) is 0.105. The smallest absolute Gasteiger partial charge is 0.343 e. The molecule has 0 amide bonds. The topological polar surface area (TPSA) is 146 Å². The van der Waals surface area contributed by atoms with E-state index in [1.165, 1.54) is 5.38 Å². The summed E-state index contributed by atoms with van der Waals surface area (Å²) in [6.45, 7) is 1.72. The second-order valence-corrected chi connectivity index (χ2v) is 6.47. The second kappa shape index (κ2) is 8.25. The molecule has 29 heavy (non-hydrogen) atoms. The summed E-state index contributed by atoms with van der Waals surface area (Å²) in [4.78, 5) is 25.4. The normalized spacial score (nSPS) is 10.9. The number of aromatic nitrogens is 1. The van der Waals surface area contributed by atoms with Crippen LogP contribution in [-0.2, 0) is 4.74 Å². The van der Waals surface area contributed by atoms with Gasteiger partial charge in [0.1, 0.15) is 28.1 Å². The van der Waals surface area contributed by atoms with Crippen LogP contribution < -0.4 is 16.7 Å². The first-order chi connectivity index (χ1) is 14.0. The first-order valence-corrected chi connectivity index (χ1v) is 9.23. The third kappa shape index (κ3) is 3.52. The molecule has 9 nitrogen and oxygen atoms in total. The summed E-state index contributed by atoms with van der Waals surface area (Å²) in [5.41, 5.74) is 7.82. The first kappa shape index (κ1) is 19.6. The number of hydrogen-bond acceptors (Lipinski definition) is 9. The average molecular weight is 406 g/mol. The highest BCUT2D eigenvalue weighted by Gasteiger charge is 2.26. The lowest BCUT2D eigenvalue weighted by Crippen LogP contribution is -2.25. The van der Waals surface area contributed by atoms with Gasteiger partial charge in [0.25, 0.3) is 5.56 Å². The first-order valence-electron chi connectivity index (χ1n) is 8.35. The van der Waals surface area contributed by atoms with Crippen LogP contribution in [0, 0.1) is 22.7 Å². The molecule has 3 rings (SSSR count). The van der Waals surface area contributed by atoms with Crippen LogP contribution in [0.3, 0.4) is 0 Å². The van der Waals surface area contributed by atoms with Gasteiger partial charge in [0, 0.05) is 5.38 Å². The highest BCUT2D eigenvalue weighted by molar-refractivity contribution is 7.16. The number of ether oxygens (including phenoxy) is 1. The molecule has 0 aliphatic carbocycles. The molecule has 0 aliphatic heterocycles. The molecule has 0 radical (unpaired) electrons. The summed E-state index contributed by atoms with van der Waals surface area (Å²) in [5, 5.41) is 24.5. The Kier molecular flexibility index (Phi) is 5.58. The van der Waals surface area contributed by atoms with Crippen molar-refractivity contribution in [1.82, 2.24) is 4.40 Å². The van der Waals surface area contributed by atoms with Crippen molar-refractivity contribution >= 4 is 39.2 Å². The fourth-order valence-corrected chi connectivity index (χ4v) is 3.65. The predicted octanol–water partition coefficient (Wildman–Crippen LogP) is 2.33. The third-order valence-electron chi connectivity index (χ3n) is 3.91. The lowest BCUT2D eigenvalue weighted by Gasteiger charge is -2.09. The van der Waals surface area contributed by atoms with Crippen molar-refractivity contribution in [3.05, 3.63) is 62.9 Å². The van der Waals surface area contributed by atoms with Crippen molar-refractivity contribution < 1.29 is 9.53 Å². The number of hydrogen-bond donors (Lipinski definition) is 2. The number of anilines is 2. The van der Waals surface area contributed by atoms with Gasteiger partial charge < -0.3 is 10.5 Å². The lowest BCUT2D eigenvalue weighted by atomic mass is 10.1. The highest BCUT2D eigenvalue weighted by atomic mass is 32.1. The number of nitrogens with one attached hydrogen (secondary N) is 1. The minimum absolute atomic E-state index is 0.0902. The van der Waals surface area contributed by atoms with Gasteiger partial charge >= 0.3 is 5.97 Å². The number of benzene rings is 1. The quantitative estimate of drug-likeness (QED) is 0.375. The van der Waals surface area contributed by atoms with Crippen molar-refractivity contribution in [1.29, 1.82) is 10.5 Å². The Labute approximate surface area is 168 Å². The zero-order chi connectivity index (χ0) is 21.0. The minimum Gasteiger partial charge on any atom is -0.462 e. The number of carbonyl (C=O) groups is 1. The Balaban J connectivity index is 2.23. The lowest BCUT2D eigenvalue weighted by molar-refractivity contribution is 0.0529. The molecule has 2 aromatic heterocycles. The van der Waals surface area contributed by atoms with Gasteiger partial charge in [-0.15, -0.1) is 11.3 Å². The summed E-state index contributed by atoms with van der Waals surface area (Å²) in [6.07, 6.45) is 0. The molecule has 0 unspecified atom stereocenters. The third-order valence-corrected chi connectivity index (χ3v) is 4.86. The molecular formula is C19H14N6O3S. The SMILES string of the molecule is CCOC(=O)c1c(N)c(C#N)c(=O)n2c(/C(C#N)=N/Nc3ccccc3)csc12. The summed E-state index contributed by atoms with van der Waals surface area (Å²) in [7, 11) is 0. The van der Waals surface area contributed by atoms with E-state index in [0.29, 0.717) is 5.69 Å². The van der Waals surface area contributed by atoms with E-state index in [0.717, 1.165) is 15.7 Å². The number of nitrogen functional groups attached to an aromatic ring is 1. The second-order valence-electron chi connectivity index (χ2n) is 5.61. The van der Waals surface area contributed by atoms with Crippen LogP contribution in [0.2, 0.25) is 0 Å². The molecule has 10 heteroatoms. The van der Waals surface area contributed by atoms with E-state index in [9.17, 15) is 20.1 Å². The van der Waals surface area contributed by atoms with E-state index in [1.54, 1.807) is 37.3 Å². The summed E-state index contributed by atoms with van der Waals surface area (Å²) >= 11 is 1.02. The predicted molar refractivity (Wildman–Crippen MR) is 109 cm³/mol. The summed E-state index contributed by atoms with van der Waals surface area (Å²) in [5.74, 6) is -0.759. The van der Waals surface area contributed by atoms with Crippen molar-refractivity contribution in [2.24, 2.45) is 5.10 Å². The number of rotatable bonds is 5. The van der Waals surface area contributed by atoms with Gasteiger partial charge in [0.2, 0.25) is 0 Å². The van der Waals surface area contributed by atoms with E-state index in [1.807, 2.05) is 12.1 Å². The Bertz CT molecular complexity index is 1260. The number of para-hydroxylation sites is 1. The Morgan fingerprint density at radius 1 is 1.34 bits per heavy atom. The molecule has 0 fully saturated rings. The molecule has 2 heterocycles. The van der Waals surface area contributed by atoms with Gasteiger partial charge in [-0.2, -0.15) is 15.6 Å². The minimum atomic E-state index is -0.759. The van der Waals surface area contributed by atoms with Crippen LogP contribution in [-0.4, -0.2) is 22.7 Å². The van der Waals surface area contributed by atoms with Gasteiger partial charge in [0.05, 0.1) is 23.7 Å². The number of carbonyl (C=O) groups excluding carboxylic acids is 1. The van der Waals surface area contributed by atoms with E-state index in [-0.39, 0.29) is 34.1 Å². The molecule has 1 aromatic carbocycles. The Morgan fingerprint density at radius 3 is 2.69 bits per heavy atom. The van der Waals surface area contributed by atoms with Crippen LogP contribution in [0.25, 0.3) is 4.83 Å². The largest absolute Gasteiger partial charge is 0.462 e. The van der Waals surface area contributed by atoms with Crippen LogP contribution in [0.1, 0.15) is 28.5 Å². The maximum atomic E-state index is 12.8. The zero-order valence-electron chi connectivity index (χ0n) is 15.2. The molecule has 3 N–H and O–H groups in total. The number of nitrogens with zero attached hydrogens (tertiary/aromatic N) is 4. The summed E-state index contributed by atoms with van der Waals surface area (Å²) < 4.78 is 6.10. The van der Waals surface area contributed by atoms with Crippen molar-refractivity contribution in [3.8, 4) is 12.1 Å². The van der Waals surface area contributed by atoms with E-state index < -0.39 is 17.1 Å². The number of nitrogens with two attached hydrogens (primary N) is 1. The van der Waals surface area contributed by atoms with Gasteiger partial charge in [-0.1, -0.05) is 18.2 Å². The number of nitriles is 2. The molecule has 0 atom stereocenters. The number of pyridine rings is 1. The molecule has 0 spiro atoms. The van der Waals surface area contributed by atoms with Gasteiger partial charge in [-0.3, -0.25) is 14.6 Å². The van der Waals surface area contributed by atoms with E-state index in [4.69, 9.17) is 10.5 Å². The molecular weight excluding hydrogens is 392 g/mol. The van der Waals surface area contributed by atoms with Crippen LogP contribution in [0.4, 0.5) is 11.4 Å². The zero-order valence-corrected chi connectivity index (χ0v) is 16.0. The standard InChI is InChI=1S/C19H14N6O3S/c1-2-28-19(27)15-16(22)12(8-20)17(26)25-14(10-29-18(15)25)13(9-21)24-23-11-6-4-3-5-7-11/h3-7,10,23H,2,22H2,1H3/b24-13+. The molecule has 0 saturated heterocycles. The molecule has 0 aliphatic rings. The molecule has 3 aromatic rings. The maximum Gasteiger partial charge on any atom is 0.343 e.